The van der Waals surface area contributed by atoms with Crippen molar-refractivity contribution < 1.29 is 4.74 Å². The Kier molecular flexibility index (Phi) is 5.83. The number of halogens is 1. The van der Waals surface area contributed by atoms with E-state index >= 15 is 0 Å². The molecule has 6 heteroatoms. The summed E-state index contributed by atoms with van der Waals surface area (Å²) in [4.78, 5) is 2.49. The Labute approximate surface area is 137 Å². The molecule has 0 bridgehead atoms. The van der Waals surface area contributed by atoms with Gasteiger partial charge in [0, 0.05) is 43.0 Å². The molecule has 0 saturated carbocycles. The number of rotatable bonds is 4. The van der Waals surface area contributed by atoms with E-state index in [0.717, 1.165) is 37.6 Å². The number of aromatic amines is 1. The van der Waals surface area contributed by atoms with Crippen LogP contribution in [0.15, 0.2) is 30.5 Å². The van der Waals surface area contributed by atoms with Crippen molar-refractivity contribution in [1.29, 1.82) is 0 Å². The average molecular weight is 323 g/mol. The van der Waals surface area contributed by atoms with E-state index in [9.17, 15) is 0 Å². The maximum absolute atomic E-state index is 5.53. The van der Waals surface area contributed by atoms with E-state index in [-0.39, 0.29) is 12.4 Å². The average Bonchev–Trinajstić information content (AvgIpc) is 2.93. The minimum Gasteiger partial charge on any atom is -0.496 e. The highest BCUT2D eigenvalue weighted by Crippen LogP contribution is 2.31. The van der Waals surface area contributed by atoms with Gasteiger partial charge in [-0.2, -0.15) is 5.10 Å². The highest BCUT2D eigenvalue weighted by atomic mass is 35.5. The lowest BCUT2D eigenvalue weighted by Gasteiger charge is -2.37. The summed E-state index contributed by atoms with van der Waals surface area (Å²) in [6.45, 7) is 5.96. The van der Waals surface area contributed by atoms with E-state index in [1.807, 2.05) is 18.3 Å². The Morgan fingerprint density at radius 3 is 2.91 bits per heavy atom. The molecule has 1 aliphatic heterocycles. The van der Waals surface area contributed by atoms with Crippen LogP contribution in [0, 0.1) is 6.92 Å². The fraction of sp³-hybridized carbons (Fsp3) is 0.438. The summed E-state index contributed by atoms with van der Waals surface area (Å²) in [6.07, 6.45) is 1.93. The highest BCUT2D eigenvalue weighted by Gasteiger charge is 2.26. The van der Waals surface area contributed by atoms with Gasteiger partial charge in [0.15, 0.2) is 0 Å². The Hall–Kier alpha value is -1.56. The molecule has 1 aromatic carbocycles. The first kappa shape index (κ1) is 16.8. The van der Waals surface area contributed by atoms with Gasteiger partial charge in [0.25, 0.3) is 0 Å². The highest BCUT2D eigenvalue weighted by molar-refractivity contribution is 5.85. The van der Waals surface area contributed by atoms with Crippen LogP contribution in [-0.2, 0) is 6.54 Å². The minimum atomic E-state index is 0. The first-order valence-electron chi connectivity index (χ1n) is 7.36. The van der Waals surface area contributed by atoms with Crippen molar-refractivity contribution in [3.05, 3.63) is 47.3 Å². The third-order valence-electron chi connectivity index (χ3n) is 4.16. The van der Waals surface area contributed by atoms with Crippen molar-refractivity contribution in [2.24, 2.45) is 0 Å². The fourth-order valence-electron chi connectivity index (χ4n) is 2.94. The molecule has 1 unspecified atom stereocenters. The van der Waals surface area contributed by atoms with Crippen LogP contribution in [0.25, 0.3) is 0 Å². The van der Waals surface area contributed by atoms with E-state index in [0.29, 0.717) is 6.04 Å². The fourth-order valence-corrected chi connectivity index (χ4v) is 2.94. The maximum atomic E-state index is 5.53. The first-order chi connectivity index (χ1) is 10.3. The van der Waals surface area contributed by atoms with E-state index in [1.165, 1.54) is 11.1 Å². The molecule has 1 atom stereocenters. The normalized spacial score (nSPS) is 18.7. The molecule has 0 aliphatic carbocycles. The van der Waals surface area contributed by atoms with Crippen molar-refractivity contribution in [3.63, 3.8) is 0 Å². The second-order valence-corrected chi connectivity index (χ2v) is 5.45. The zero-order valence-corrected chi connectivity index (χ0v) is 13.8. The van der Waals surface area contributed by atoms with Gasteiger partial charge in [-0.1, -0.05) is 18.2 Å². The Balaban J connectivity index is 0.00000176. The molecular weight excluding hydrogens is 300 g/mol. The van der Waals surface area contributed by atoms with Crippen LogP contribution in [0.1, 0.15) is 22.9 Å². The van der Waals surface area contributed by atoms with Gasteiger partial charge < -0.3 is 10.1 Å². The molecule has 3 rings (SSSR count). The summed E-state index contributed by atoms with van der Waals surface area (Å²) in [5.41, 5.74) is 3.65. The molecular formula is C16H23ClN4O. The van der Waals surface area contributed by atoms with Crippen LogP contribution < -0.4 is 10.1 Å². The summed E-state index contributed by atoms with van der Waals surface area (Å²) in [7, 11) is 1.74. The first-order valence-corrected chi connectivity index (χ1v) is 7.36. The number of hydrogen-bond donors (Lipinski definition) is 2. The Morgan fingerprint density at radius 1 is 1.36 bits per heavy atom. The topological polar surface area (TPSA) is 53.2 Å². The molecule has 2 aromatic rings. The lowest BCUT2D eigenvalue weighted by atomic mass is 10.0. The number of H-pyrrole nitrogens is 1. The predicted octanol–water partition coefficient (Wildman–Crippen LogP) is 2.30. The van der Waals surface area contributed by atoms with Gasteiger partial charge in [0.05, 0.1) is 19.3 Å². The van der Waals surface area contributed by atoms with Crippen molar-refractivity contribution in [2.75, 3.05) is 26.7 Å². The molecule has 1 fully saturated rings. The molecule has 0 amide bonds. The van der Waals surface area contributed by atoms with Crippen LogP contribution in [0.3, 0.4) is 0 Å². The minimum absolute atomic E-state index is 0. The van der Waals surface area contributed by atoms with Gasteiger partial charge in [-0.05, 0) is 13.0 Å². The van der Waals surface area contributed by atoms with Gasteiger partial charge in [0.1, 0.15) is 5.75 Å². The number of nitrogens with zero attached hydrogens (tertiary/aromatic N) is 2. The second kappa shape index (κ2) is 7.63. The monoisotopic (exact) mass is 322 g/mol. The van der Waals surface area contributed by atoms with Crippen LogP contribution in [0.4, 0.5) is 0 Å². The van der Waals surface area contributed by atoms with E-state index in [1.54, 1.807) is 7.11 Å². The summed E-state index contributed by atoms with van der Waals surface area (Å²) >= 11 is 0. The number of hydrogen-bond acceptors (Lipinski definition) is 4. The van der Waals surface area contributed by atoms with Gasteiger partial charge in [-0.25, -0.2) is 0 Å². The van der Waals surface area contributed by atoms with Crippen molar-refractivity contribution in [1.82, 2.24) is 20.4 Å². The molecule has 22 heavy (non-hydrogen) atoms. The van der Waals surface area contributed by atoms with Gasteiger partial charge in [-0.3, -0.25) is 10.00 Å². The molecule has 1 saturated heterocycles. The number of piperazine rings is 1. The maximum Gasteiger partial charge on any atom is 0.123 e. The number of nitrogens with one attached hydrogen (secondary N) is 2. The van der Waals surface area contributed by atoms with Crippen LogP contribution in [0.5, 0.6) is 5.75 Å². The summed E-state index contributed by atoms with van der Waals surface area (Å²) in [5, 5.41) is 10.6. The smallest absolute Gasteiger partial charge is 0.123 e. The molecule has 1 aliphatic rings. The van der Waals surface area contributed by atoms with Crippen LogP contribution >= 0.6 is 12.4 Å². The molecule has 0 spiro atoms. The number of benzene rings is 1. The third-order valence-corrected chi connectivity index (χ3v) is 4.16. The lowest BCUT2D eigenvalue weighted by molar-refractivity contribution is 0.151. The van der Waals surface area contributed by atoms with E-state index in [4.69, 9.17) is 4.74 Å². The van der Waals surface area contributed by atoms with E-state index in [2.05, 4.69) is 39.5 Å². The number of aryl methyl sites for hydroxylation is 1. The number of methoxy groups -OCH3 is 1. The molecule has 120 valence electrons. The van der Waals surface area contributed by atoms with Crippen LogP contribution in [0.2, 0.25) is 0 Å². The van der Waals surface area contributed by atoms with E-state index < -0.39 is 0 Å². The number of ether oxygens (including phenoxy) is 1. The largest absolute Gasteiger partial charge is 0.496 e. The van der Waals surface area contributed by atoms with Gasteiger partial charge in [-0.15, -0.1) is 12.4 Å². The summed E-state index contributed by atoms with van der Waals surface area (Å²) in [5.74, 6) is 0.958. The van der Waals surface area contributed by atoms with Crippen molar-refractivity contribution >= 4 is 12.4 Å². The zero-order chi connectivity index (χ0) is 14.7. The van der Waals surface area contributed by atoms with Crippen molar-refractivity contribution in [3.8, 4) is 5.75 Å². The Bertz CT molecular complexity index is 601. The molecule has 2 heterocycles. The molecule has 0 radical (unpaired) electrons. The molecule has 5 nitrogen and oxygen atoms in total. The van der Waals surface area contributed by atoms with Gasteiger partial charge in [0.2, 0.25) is 0 Å². The third kappa shape index (κ3) is 3.43. The summed E-state index contributed by atoms with van der Waals surface area (Å²) < 4.78 is 5.53. The number of para-hydroxylation sites is 1. The number of aromatic nitrogens is 2. The second-order valence-electron chi connectivity index (χ2n) is 5.45. The van der Waals surface area contributed by atoms with Crippen LogP contribution in [-0.4, -0.2) is 41.8 Å². The predicted molar refractivity (Wildman–Crippen MR) is 89.6 cm³/mol. The standard InChI is InChI=1S/C16H22N4O.ClH/c1-12-13(9-18-19-12)11-20-8-7-17-10-15(20)14-5-3-4-6-16(14)21-2;/h3-6,9,15,17H,7-8,10-11H2,1-2H3,(H,18,19);1H. The Morgan fingerprint density at radius 2 is 2.18 bits per heavy atom. The van der Waals surface area contributed by atoms with Crippen molar-refractivity contribution in [2.45, 2.75) is 19.5 Å². The molecule has 2 N–H and O–H groups in total. The SMILES string of the molecule is COc1ccccc1C1CNCCN1Cc1cn[nH]c1C.Cl. The molecule has 1 aromatic heterocycles. The lowest BCUT2D eigenvalue weighted by Crippen LogP contribution is -2.45. The summed E-state index contributed by atoms with van der Waals surface area (Å²) in [6, 6.07) is 8.61. The zero-order valence-electron chi connectivity index (χ0n) is 13.0. The quantitative estimate of drug-likeness (QED) is 0.907. The van der Waals surface area contributed by atoms with Gasteiger partial charge >= 0.3 is 0 Å².